The summed E-state index contributed by atoms with van der Waals surface area (Å²) in [5.74, 6) is 0.153. The normalized spacial score (nSPS) is 22.1. The SMILES string of the molecule is O=c1ccc2c([nH]1)C(O)=C1C=CC=C(Cl)C1CC2. The number of aliphatic hydroxyl groups is 1. The van der Waals surface area contributed by atoms with E-state index in [2.05, 4.69) is 4.98 Å². The number of hydrogen-bond donors (Lipinski definition) is 2. The van der Waals surface area contributed by atoms with Gasteiger partial charge in [0.25, 0.3) is 0 Å². The zero-order valence-corrected chi connectivity index (χ0v) is 10.4. The van der Waals surface area contributed by atoms with Gasteiger partial charge in [-0.3, -0.25) is 4.79 Å². The summed E-state index contributed by atoms with van der Waals surface area (Å²) in [6, 6.07) is 3.25. The molecule has 1 unspecified atom stereocenters. The summed E-state index contributed by atoms with van der Waals surface area (Å²) < 4.78 is 0. The molecular formula is C14H12ClNO2. The highest BCUT2D eigenvalue weighted by molar-refractivity contribution is 6.30. The van der Waals surface area contributed by atoms with Crippen molar-refractivity contribution in [2.45, 2.75) is 12.8 Å². The van der Waals surface area contributed by atoms with Crippen LogP contribution in [0.25, 0.3) is 5.76 Å². The average Bonchev–Trinajstić information content (AvgIpc) is 2.50. The third kappa shape index (κ3) is 1.71. The Morgan fingerprint density at radius 3 is 3.06 bits per heavy atom. The Morgan fingerprint density at radius 1 is 1.39 bits per heavy atom. The van der Waals surface area contributed by atoms with Gasteiger partial charge >= 0.3 is 0 Å². The van der Waals surface area contributed by atoms with E-state index in [-0.39, 0.29) is 17.2 Å². The van der Waals surface area contributed by atoms with Gasteiger partial charge in [-0.15, -0.1) is 0 Å². The molecule has 1 atom stereocenters. The lowest BCUT2D eigenvalue weighted by Gasteiger charge is -2.18. The van der Waals surface area contributed by atoms with Crippen molar-refractivity contribution in [2.75, 3.05) is 0 Å². The van der Waals surface area contributed by atoms with Crippen LogP contribution in [0.15, 0.2) is 45.8 Å². The first-order valence-corrected chi connectivity index (χ1v) is 6.24. The van der Waals surface area contributed by atoms with Crippen molar-refractivity contribution in [1.29, 1.82) is 0 Å². The number of aromatic nitrogens is 1. The molecule has 0 radical (unpaired) electrons. The molecule has 2 aliphatic carbocycles. The van der Waals surface area contributed by atoms with Gasteiger partial charge in [-0.1, -0.05) is 29.8 Å². The summed E-state index contributed by atoms with van der Waals surface area (Å²) in [6.07, 6.45) is 7.13. The third-order valence-electron chi connectivity index (χ3n) is 3.46. The zero-order chi connectivity index (χ0) is 12.7. The number of aromatic amines is 1. The molecule has 0 saturated carbocycles. The van der Waals surface area contributed by atoms with E-state index >= 15 is 0 Å². The summed E-state index contributed by atoms with van der Waals surface area (Å²) in [5, 5.41) is 11.1. The predicted molar refractivity (Wildman–Crippen MR) is 71.5 cm³/mol. The molecular weight excluding hydrogens is 250 g/mol. The third-order valence-corrected chi connectivity index (χ3v) is 3.85. The van der Waals surface area contributed by atoms with Crippen molar-refractivity contribution in [3.63, 3.8) is 0 Å². The Labute approximate surface area is 109 Å². The number of aliphatic hydroxyl groups excluding tert-OH is 1. The summed E-state index contributed by atoms with van der Waals surface area (Å²) in [6.45, 7) is 0. The predicted octanol–water partition coefficient (Wildman–Crippen LogP) is 2.90. The van der Waals surface area contributed by atoms with Crippen molar-refractivity contribution in [3.05, 3.63) is 62.6 Å². The maximum atomic E-state index is 11.4. The fourth-order valence-corrected chi connectivity index (χ4v) is 2.83. The molecule has 3 rings (SSSR count). The molecule has 1 aromatic heterocycles. The number of pyridine rings is 1. The fourth-order valence-electron chi connectivity index (χ4n) is 2.53. The van der Waals surface area contributed by atoms with Crippen LogP contribution >= 0.6 is 11.6 Å². The monoisotopic (exact) mass is 261 g/mol. The van der Waals surface area contributed by atoms with Crippen molar-refractivity contribution >= 4 is 17.4 Å². The average molecular weight is 262 g/mol. The van der Waals surface area contributed by atoms with Crippen molar-refractivity contribution in [1.82, 2.24) is 4.98 Å². The second-order valence-electron chi connectivity index (χ2n) is 4.53. The Hall–Kier alpha value is -1.74. The van der Waals surface area contributed by atoms with Crippen LogP contribution in [0, 0.1) is 5.92 Å². The molecule has 18 heavy (non-hydrogen) atoms. The van der Waals surface area contributed by atoms with E-state index in [1.165, 1.54) is 6.07 Å². The molecule has 0 aromatic carbocycles. The van der Waals surface area contributed by atoms with Gasteiger partial charge in [0.1, 0.15) is 5.76 Å². The van der Waals surface area contributed by atoms with Gasteiger partial charge in [0.05, 0.1) is 5.69 Å². The van der Waals surface area contributed by atoms with E-state index in [1.807, 2.05) is 18.2 Å². The van der Waals surface area contributed by atoms with Gasteiger partial charge in [0.15, 0.2) is 0 Å². The molecule has 0 bridgehead atoms. The second kappa shape index (κ2) is 4.18. The molecule has 0 spiro atoms. The first-order chi connectivity index (χ1) is 8.66. The summed E-state index contributed by atoms with van der Waals surface area (Å²) in [4.78, 5) is 14.1. The van der Waals surface area contributed by atoms with E-state index in [9.17, 15) is 9.90 Å². The van der Waals surface area contributed by atoms with Crippen LogP contribution in [0.5, 0.6) is 0 Å². The van der Waals surface area contributed by atoms with Crippen LogP contribution in [0.2, 0.25) is 0 Å². The number of allylic oxidation sites excluding steroid dienone is 5. The van der Waals surface area contributed by atoms with Gasteiger partial charge in [-0.05, 0) is 24.5 Å². The van der Waals surface area contributed by atoms with Crippen LogP contribution in [-0.2, 0) is 6.42 Å². The van der Waals surface area contributed by atoms with E-state index in [0.29, 0.717) is 5.69 Å². The molecule has 0 fully saturated rings. The van der Waals surface area contributed by atoms with Crippen LogP contribution in [0.3, 0.4) is 0 Å². The van der Waals surface area contributed by atoms with Crippen LogP contribution in [0.4, 0.5) is 0 Å². The molecule has 92 valence electrons. The molecule has 1 aromatic rings. The smallest absolute Gasteiger partial charge is 0.248 e. The minimum absolute atomic E-state index is 0.0209. The highest BCUT2D eigenvalue weighted by Gasteiger charge is 2.27. The first-order valence-electron chi connectivity index (χ1n) is 5.86. The number of rotatable bonds is 0. The lowest BCUT2D eigenvalue weighted by Crippen LogP contribution is -2.09. The van der Waals surface area contributed by atoms with Crippen LogP contribution in [-0.4, -0.2) is 10.1 Å². The summed E-state index contributed by atoms with van der Waals surface area (Å²) in [5.41, 5.74) is 2.05. The van der Waals surface area contributed by atoms with Gasteiger partial charge in [0.2, 0.25) is 5.56 Å². The second-order valence-corrected chi connectivity index (χ2v) is 4.97. The Bertz CT molecular complexity index is 652. The highest BCUT2D eigenvalue weighted by Crippen LogP contribution is 2.38. The first kappa shape index (κ1) is 11.4. The van der Waals surface area contributed by atoms with E-state index in [0.717, 1.165) is 29.0 Å². The highest BCUT2D eigenvalue weighted by atomic mass is 35.5. The summed E-state index contributed by atoms with van der Waals surface area (Å²) in [7, 11) is 0. The minimum atomic E-state index is -0.208. The van der Waals surface area contributed by atoms with E-state index in [4.69, 9.17) is 11.6 Å². The Kier molecular flexibility index (Phi) is 2.63. The Morgan fingerprint density at radius 2 is 2.22 bits per heavy atom. The van der Waals surface area contributed by atoms with Crippen molar-refractivity contribution < 1.29 is 5.11 Å². The van der Waals surface area contributed by atoms with Gasteiger partial charge in [-0.25, -0.2) is 0 Å². The van der Waals surface area contributed by atoms with E-state index < -0.39 is 0 Å². The molecule has 0 aliphatic heterocycles. The number of nitrogens with one attached hydrogen (secondary N) is 1. The minimum Gasteiger partial charge on any atom is -0.505 e. The lowest BCUT2D eigenvalue weighted by molar-refractivity contribution is 0.498. The maximum absolute atomic E-state index is 11.4. The van der Waals surface area contributed by atoms with Crippen molar-refractivity contribution in [2.24, 2.45) is 5.92 Å². The van der Waals surface area contributed by atoms with Gasteiger partial charge in [0, 0.05) is 22.6 Å². The Balaban J connectivity index is 2.22. The number of halogens is 1. The topological polar surface area (TPSA) is 53.1 Å². The number of aryl methyl sites for hydroxylation is 1. The van der Waals surface area contributed by atoms with Crippen LogP contribution < -0.4 is 5.56 Å². The standard InChI is InChI=1S/C14H12ClNO2/c15-11-3-1-2-10-9(11)6-4-8-5-7-12(17)16-13(8)14(10)18/h1-3,5,7,9,18H,4,6H2,(H,16,17). The molecule has 1 heterocycles. The number of H-pyrrole nitrogens is 1. The van der Waals surface area contributed by atoms with Gasteiger partial charge in [-0.2, -0.15) is 0 Å². The molecule has 3 nitrogen and oxygen atoms in total. The number of hydrogen-bond acceptors (Lipinski definition) is 2. The quantitative estimate of drug-likeness (QED) is 0.754. The lowest BCUT2D eigenvalue weighted by atomic mass is 9.90. The van der Waals surface area contributed by atoms with E-state index in [1.54, 1.807) is 6.07 Å². The zero-order valence-electron chi connectivity index (χ0n) is 9.61. The molecule has 0 saturated heterocycles. The molecule has 2 aliphatic rings. The molecule has 4 heteroatoms. The number of fused-ring (bicyclic) bond motifs is 2. The maximum Gasteiger partial charge on any atom is 0.248 e. The molecule has 2 N–H and O–H groups in total. The largest absolute Gasteiger partial charge is 0.505 e. The van der Waals surface area contributed by atoms with Crippen LogP contribution in [0.1, 0.15) is 17.7 Å². The fraction of sp³-hybridized carbons (Fsp3) is 0.214. The summed E-state index contributed by atoms with van der Waals surface area (Å²) >= 11 is 6.19. The van der Waals surface area contributed by atoms with Crippen molar-refractivity contribution in [3.8, 4) is 0 Å². The van der Waals surface area contributed by atoms with Gasteiger partial charge < -0.3 is 10.1 Å². The molecule has 0 amide bonds.